The molecule has 0 radical (unpaired) electrons. The molecular formula is C12H17ClN2O2. The first-order valence-electron chi connectivity index (χ1n) is 5.68. The van der Waals surface area contributed by atoms with Gasteiger partial charge in [-0.2, -0.15) is 0 Å². The average molecular weight is 257 g/mol. The maximum atomic E-state index is 10.9. The van der Waals surface area contributed by atoms with Crippen molar-refractivity contribution in [2.45, 2.75) is 32.2 Å². The van der Waals surface area contributed by atoms with E-state index in [1.807, 2.05) is 7.05 Å². The first-order valence-corrected chi connectivity index (χ1v) is 6.06. The van der Waals surface area contributed by atoms with Crippen LogP contribution in [0.2, 0.25) is 5.02 Å². The van der Waals surface area contributed by atoms with Gasteiger partial charge in [0.2, 0.25) is 0 Å². The predicted molar refractivity (Wildman–Crippen MR) is 69.6 cm³/mol. The first kappa shape index (κ1) is 13.9. The minimum atomic E-state index is -0.373. The Morgan fingerprint density at radius 2 is 2.24 bits per heavy atom. The van der Waals surface area contributed by atoms with E-state index in [9.17, 15) is 10.1 Å². The van der Waals surface area contributed by atoms with Gasteiger partial charge in [0.15, 0.2) is 0 Å². The molecule has 0 amide bonds. The Bertz CT molecular complexity index is 392. The van der Waals surface area contributed by atoms with Gasteiger partial charge in [-0.05, 0) is 32.4 Å². The molecule has 1 aromatic carbocycles. The summed E-state index contributed by atoms with van der Waals surface area (Å²) in [4.78, 5) is 10.5. The Morgan fingerprint density at radius 1 is 1.53 bits per heavy atom. The number of rotatable bonds is 6. The third kappa shape index (κ3) is 3.98. The SMILES string of the molecule is CCC(CCc1ccc(Cl)cc1[N+](=O)[O-])NC. The molecule has 1 N–H and O–H groups in total. The van der Waals surface area contributed by atoms with Crippen molar-refractivity contribution < 1.29 is 4.92 Å². The van der Waals surface area contributed by atoms with E-state index in [1.165, 1.54) is 6.07 Å². The van der Waals surface area contributed by atoms with E-state index >= 15 is 0 Å². The van der Waals surface area contributed by atoms with E-state index in [4.69, 9.17) is 11.6 Å². The molecule has 0 aliphatic heterocycles. The minimum Gasteiger partial charge on any atom is -0.317 e. The molecule has 17 heavy (non-hydrogen) atoms. The summed E-state index contributed by atoms with van der Waals surface area (Å²) < 4.78 is 0. The fourth-order valence-electron chi connectivity index (χ4n) is 1.80. The number of nitrogens with zero attached hydrogens (tertiary/aromatic N) is 1. The molecule has 0 aromatic heterocycles. The average Bonchev–Trinajstić information content (AvgIpc) is 2.31. The number of hydrogen-bond donors (Lipinski definition) is 1. The van der Waals surface area contributed by atoms with Crippen LogP contribution in [0.3, 0.4) is 0 Å². The third-order valence-corrected chi connectivity index (χ3v) is 3.14. The Hall–Kier alpha value is -1.13. The van der Waals surface area contributed by atoms with Crippen molar-refractivity contribution >= 4 is 17.3 Å². The van der Waals surface area contributed by atoms with Gasteiger partial charge in [-0.25, -0.2) is 0 Å². The molecule has 1 rings (SSSR count). The van der Waals surface area contributed by atoms with Crippen molar-refractivity contribution in [3.63, 3.8) is 0 Å². The fraction of sp³-hybridized carbons (Fsp3) is 0.500. The molecule has 1 aromatic rings. The van der Waals surface area contributed by atoms with Crippen molar-refractivity contribution in [1.82, 2.24) is 5.32 Å². The molecule has 4 nitrogen and oxygen atoms in total. The van der Waals surface area contributed by atoms with Crippen LogP contribution in [0.4, 0.5) is 5.69 Å². The maximum absolute atomic E-state index is 10.9. The van der Waals surface area contributed by atoms with E-state index in [0.29, 0.717) is 17.5 Å². The number of benzene rings is 1. The summed E-state index contributed by atoms with van der Waals surface area (Å²) in [6.07, 6.45) is 2.58. The summed E-state index contributed by atoms with van der Waals surface area (Å²) in [6.45, 7) is 2.09. The van der Waals surface area contributed by atoms with Gasteiger partial charge in [-0.1, -0.05) is 24.6 Å². The second kappa shape index (κ2) is 6.57. The van der Waals surface area contributed by atoms with Crippen LogP contribution in [0.1, 0.15) is 25.3 Å². The largest absolute Gasteiger partial charge is 0.317 e. The number of nitro groups is 1. The Morgan fingerprint density at radius 3 is 2.76 bits per heavy atom. The van der Waals surface area contributed by atoms with Gasteiger partial charge in [0, 0.05) is 22.7 Å². The molecule has 1 atom stereocenters. The smallest absolute Gasteiger partial charge is 0.274 e. The Kier molecular flexibility index (Phi) is 5.38. The van der Waals surface area contributed by atoms with Gasteiger partial charge in [0.1, 0.15) is 0 Å². The van der Waals surface area contributed by atoms with Gasteiger partial charge >= 0.3 is 0 Å². The van der Waals surface area contributed by atoms with Gasteiger partial charge < -0.3 is 5.32 Å². The molecule has 0 heterocycles. The highest BCUT2D eigenvalue weighted by Crippen LogP contribution is 2.24. The Labute approximate surface area is 106 Å². The number of nitrogens with one attached hydrogen (secondary N) is 1. The van der Waals surface area contributed by atoms with E-state index in [-0.39, 0.29) is 10.6 Å². The van der Waals surface area contributed by atoms with Crippen molar-refractivity contribution in [2.24, 2.45) is 0 Å². The lowest BCUT2D eigenvalue weighted by Crippen LogP contribution is -2.24. The lowest BCUT2D eigenvalue weighted by molar-refractivity contribution is -0.385. The van der Waals surface area contributed by atoms with Crippen molar-refractivity contribution in [3.05, 3.63) is 38.9 Å². The summed E-state index contributed by atoms with van der Waals surface area (Å²) >= 11 is 5.76. The van der Waals surface area contributed by atoms with Gasteiger partial charge in [-0.3, -0.25) is 10.1 Å². The summed E-state index contributed by atoms with van der Waals surface area (Å²) in [6, 6.07) is 5.25. The standard InChI is InChI=1S/C12H17ClN2O2/c1-3-11(14-2)7-5-9-4-6-10(13)8-12(9)15(16)17/h4,6,8,11,14H,3,5,7H2,1-2H3. The first-order chi connectivity index (χ1) is 8.08. The molecule has 0 saturated carbocycles. The number of hydrogen-bond acceptors (Lipinski definition) is 3. The van der Waals surface area contributed by atoms with Gasteiger partial charge in [0.25, 0.3) is 5.69 Å². The van der Waals surface area contributed by atoms with Crippen LogP contribution in [-0.4, -0.2) is 18.0 Å². The topological polar surface area (TPSA) is 55.2 Å². The Balaban J connectivity index is 2.80. The molecule has 0 aliphatic rings. The van der Waals surface area contributed by atoms with Crippen LogP contribution >= 0.6 is 11.6 Å². The molecule has 0 fully saturated rings. The fourth-order valence-corrected chi connectivity index (χ4v) is 1.97. The van der Waals surface area contributed by atoms with E-state index < -0.39 is 0 Å². The molecule has 1 unspecified atom stereocenters. The summed E-state index contributed by atoms with van der Waals surface area (Å²) in [5.74, 6) is 0. The van der Waals surface area contributed by atoms with Crippen LogP contribution in [0.25, 0.3) is 0 Å². The van der Waals surface area contributed by atoms with Crippen LogP contribution in [0.5, 0.6) is 0 Å². The summed E-state index contributed by atoms with van der Waals surface area (Å²) in [7, 11) is 1.91. The highest BCUT2D eigenvalue weighted by Gasteiger charge is 2.15. The minimum absolute atomic E-state index is 0.114. The van der Waals surface area contributed by atoms with Crippen LogP contribution in [0.15, 0.2) is 18.2 Å². The predicted octanol–water partition coefficient (Wildman–Crippen LogP) is 3.18. The zero-order valence-electron chi connectivity index (χ0n) is 10.1. The van der Waals surface area contributed by atoms with Crippen molar-refractivity contribution in [1.29, 1.82) is 0 Å². The molecular weight excluding hydrogens is 240 g/mol. The quantitative estimate of drug-likeness (QED) is 0.628. The van der Waals surface area contributed by atoms with Crippen LogP contribution in [0, 0.1) is 10.1 Å². The van der Waals surface area contributed by atoms with Gasteiger partial charge in [-0.15, -0.1) is 0 Å². The van der Waals surface area contributed by atoms with Crippen molar-refractivity contribution in [2.75, 3.05) is 7.05 Å². The highest BCUT2D eigenvalue weighted by atomic mass is 35.5. The summed E-state index contributed by atoms with van der Waals surface area (Å²) in [5, 5.41) is 14.5. The molecule has 0 aliphatic carbocycles. The number of halogens is 1. The van der Waals surface area contributed by atoms with Crippen molar-refractivity contribution in [3.8, 4) is 0 Å². The number of nitro benzene ring substituents is 1. The zero-order valence-corrected chi connectivity index (χ0v) is 10.8. The van der Waals surface area contributed by atoms with E-state index in [2.05, 4.69) is 12.2 Å². The normalized spacial score (nSPS) is 12.4. The zero-order chi connectivity index (χ0) is 12.8. The van der Waals surface area contributed by atoms with Crippen LogP contribution < -0.4 is 5.32 Å². The van der Waals surface area contributed by atoms with Crippen LogP contribution in [-0.2, 0) is 6.42 Å². The second-order valence-corrected chi connectivity index (χ2v) is 4.40. The van der Waals surface area contributed by atoms with E-state index in [0.717, 1.165) is 18.4 Å². The molecule has 94 valence electrons. The second-order valence-electron chi connectivity index (χ2n) is 3.96. The summed E-state index contributed by atoms with van der Waals surface area (Å²) in [5.41, 5.74) is 0.858. The molecule has 5 heteroatoms. The highest BCUT2D eigenvalue weighted by molar-refractivity contribution is 6.30. The lowest BCUT2D eigenvalue weighted by Gasteiger charge is -2.13. The van der Waals surface area contributed by atoms with Gasteiger partial charge in [0.05, 0.1) is 4.92 Å². The third-order valence-electron chi connectivity index (χ3n) is 2.91. The lowest BCUT2D eigenvalue weighted by atomic mass is 10.0. The maximum Gasteiger partial charge on any atom is 0.274 e. The van der Waals surface area contributed by atoms with E-state index in [1.54, 1.807) is 12.1 Å². The molecule has 0 spiro atoms. The molecule has 0 saturated heterocycles. The monoisotopic (exact) mass is 256 g/mol. The number of aryl methyl sites for hydroxylation is 1. The molecule has 0 bridgehead atoms.